The average molecular weight is 235 g/mol. The fourth-order valence-electron chi connectivity index (χ4n) is 1.64. The van der Waals surface area contributed by atoms with E-state index in [1.54, 1.807) is 18.3 Å². The quantitative estimate of drug-likeness (QED) is 0.455. The van der Waals surface area contributed by atoms with Crippen LogP contribution in [-0.2, 0) is 9.53 Å². The Balaban J connectivity index is 3.04. The number of hydrogen-bond donors (Lipinski definition) is 0. The molecule has 0 saturated carbocycles. The summed E-state index contributed by atoms with van der Waals surface area (Å²) in [5.74, 6) is -1.68. The number of rotatable bonds is 4. The van der Waals surface area contributed by atoms with Crippen LogP contribution in [0.4, 0.5) is 0 Å². The zero-order chi connectivity index (χ0) is 13.0. The van der Waals surface area contributed by atoms with Gasteiger partial charge in [-0.15, -0.1) is 0 Å². The second-order valence-corrected chi connectivity index (χ2v) is 4.33. The van der Waals surface area contributed by atoms with E-state index in [9.17, 15) is 9.59 Å². The van der Waals surface area contributed by atoms with Crippen LogP contribution in [0.25, 0.3) is 0 Å². The molecule has 1 aromatic rings. The third-order valence-electron chi connectivity index (χ3n) is 2.57. The zero-order valence-electron chi connectivity index (χ0n) is 10.6. The Kier molecular flexibility index (Phi) is 4.37. The first kappa shape index (κ1) is 13.4. The number of ether oxygens (including phenoxy) is 1. The van der Waals surface area contributed by atoms with Gasteiger partial charge in [-0.05, 0) is 30.5 Å². The van der Waals surface area contributed by atoms with Gasteiger partial charge in [-0.25, -0.2) is 0 Å². The highest BCUT2D eigenvalue weighted by Crippen LogP contribution is 2.18. The number of carbonyl (C=O) groups is 2. The van der Waals surface area contributed by atoms with E-state index < -0.39 is 11.9 Å². The van der Waals surface area contributed by atoms with Gasteiger partial charge >= 0.3 is 5.97 Å². The van der Waals surface area contributed by atoms with Crippen LogP contribution in [0.15, 0.2) is 18.3 Å². The highest BCUT2D eigenvalue weighted by Gasteiger charge is 2.32. The summed E-state index contributed by atoms with van der Waals surface area (Å²) in [4.78, 5) is 27.8. The summed E-state index contributed by atoms with van der Waals surface area (Å²) < 4.78 is 4.66. The summed E-state index contributed by atoms with van der Waals surface area (Å²) in [6, 6.07) is 3.49. The molecule has 0 amide bonds. The van der Waals surface area contributed by atoms with E-state index in [0.717, 1.165) is 5.56 Å². The zero-order valence-corrected chi connectivity index (χ0v) is 10.6. The lowest BCUT2D eigenvalue weighted by atomic mass is 9.89. The molecule has 0 aliphatic heterocycles. The average Bonchev–Trinajstić information content (AvgIpc) is 2.28. The number of carbonyl (C=O) groups excluding carboxylic acids is 2. The largest absolute Gasteiger partial charge is 0.468 e. The van der Waals surface area contributed by atoms with Gasteiger partial charge in [0.15, 0.2) is 5.78 Å². The smallest absolute Gasteiger partial charge is 0.316 e. The molecule has 92 valence electrons. The Morgan fingerprint density at radius 3 is 2.47 bits per heavy atom. The highest BCUT2D eigenvalue weighted by molar-refractivity contribution is 6.07. The van der Waals surface area contributed by atoms with Gasteiger partial charge in [-0.2, -0.15) is 0 Å². The standard InChI is InChI=1S/C13H17NO3/c1-8(2)11(13(16)17-4)12(15)10-7-9(3)5-6-14-10/h5-8,11H,1-4H3. The van der Waals surface area contributed by atoms with E-state index >= 15 is 0 Å². The fraction of sp³-hybridized carbons (Fsp3) is 0.462. The van der Waals surface area contributed by atoms with Crippen molar-refractivity contribution in [1.29, 1.82) is 0 Å². The first-order chi connectivity index (χ1) is 7.97. The van der Waals surface area contributed by atoms with Crippen molar-refractivity contribution in [3.05, 3.63) is 29.6 Å². The lowest BCUT2D eigenvalue weighted by Gasteiger charge is -2.16. The van der Waals surface area contributed by atoms with Crippen molar-refractivity contribution in [2.45, 2.75) is 20.8 Å². The van der Waals surface area contributed by atoms with Gasteiger partial charge in [0.1, 0.15) is 11.6 Å². The minimum atomic E-state index is -0.783. The molecule has 1 aromatic heterocycles. The van der Waals surface area contributed by atoms with Crippen molar-refractivity contribution in [1.82, 2.24) is 4.98 Å². The SMILES string of the molecule is COC(=O)C(C(=O)c1cc(C)ccn1)C(C)C. The predicted molar refractivity (Wildman–Crippen MR) is 63.6 cm³/mol. The van der Waals surface area contributed by atoms with Crippen molar-refractivity contribution in [3.63, 3.8) is 0 Å². The molecule has 1 atom stereocenters. The van der Waals surface area contributed by atoms with Crippen LogP contribution in [0.3, 0.4) is 0 Å². The molecule has 4 nitrogen and oxygen atoms in total. The minimum absolute atomic E-state index is 0.114. The van der Waals surface area contributed by atoms with Gasteiger partial charge in [-0.3, -0.25) is 14.6 Å². The second-order valence-electron chi connectivity index (χ2n) is 4.33. The Morgan fingerprint density at radius 1 is 1.35 bits per heavy atom. The molecule has 0 bridgehead atoms. The molecular formula is C13H17NO3. The molecule has 0 radical (unpaired) electrons. The van der Waals surface area contributed by atoms with Crippen molar-refractivity contribution in [2.75, 3.05) is 7.11 Å². The summed E-state index contributed by atoms with van der Waals surface area (Å²) in [7, 11) is 1.29. The van der Waals surface area contributed by atoms with E-state index in [1.165, 1.54) is 7.11 Å². The summed E-state index contributed by atoms with van der Waals surface area (Å²) in [6.07, 6.45) is 1.57. The number of pyridine rings is 1. The summed E-state index contributed by atoms with van der Waals surface area (Å²) >= 11 is 0. The molecule has 4 heteroatoms. The summed E-state index contributed by atoms with van der Waals surface area (Å²) in [5, 5.41) is 0. The van der Waals surface area contributed by atoms with Crippen LogP contribution in [0.1, 0.15) is 29.9 Å². The Morgan fingerprint density at radius 2 is 2.00 bits per heavy atom. The Bertz CT molecular complexity index is 426. The monoisotopic (exact) mass is 235 g/mol. The van der Waals surface area contributed by atoms with E-state index in [0.29, 0.717) is 5.69 Å². The molecule has 0 N–H and O–H groups in total. The van der Waals surface area contributed by atoms with Crippen LogP contribution in [-0.4, -0.2) is 23.8 Å². The maximum atomic E-state index is 12.2. The Hall–Kier alpha value is -1.71. The molecule has 1 rings (SSSR count). The van der Waals surface area contributed by atoms with E-state index in [1.807, 2.05) is 20.8 Å². The normalized spacial score (nSPS) is 12.3. The third kappa shape index (κ3) is 3.12. The summed E-state index contributed by atoms with van der Waals surface area (Å²) in [5.41, 5.74) is 1.25. The number of methoxy groups -OCH3 is 1. The van der Waals surface area contributed by atoms with Crippen molar-refractivity contribution < 1.29 is 14.3 Å². The van der Waals surface area contributed by atoms with Gasteiger partial charge in [0.2, 0.25) is 0 Å². The minimum Gasteiger partial charge on any atom is -0.468 e. The van der Waals surface area contributed by atoms with Gasteiger partial charge < -0.3 is 4.74 Å². The molecule has 0 aliphatic carbocycles. The fourth-order valence-corrected chi connectivity index (χ4v) is 1.64. The van der Waals surface area contributed by atoms with Gasteiger partial charge in [-0.1, -0.05) is 13.8 Å². The number of Topliss-reactive ketones (excluding diaryl/α,β-unsaturated/α-hetero) is 1. The molecular weight excluding hydrogens is 218 g/mol. The molecule has 0 saturated heterocycles. The number of aryl methyl sites for hydroxylation is 1. The highest BCUT2D eigenvalue weighted by atomic mass is 16.5. The lowest BCUT2D eigenvalue weighted by Crippen LogP contribution is -2.30. The lowest BCUT2D eigenvalue weighted by molar-refractivity contribution is -0.144. The maximum Gasteiger partial charge on any atom is 0.316 e. The van der Waals surface area contributed by atoms with Crippen molar-refractivity contribution in [2.24, 2.45) is 11.8 Å². The molecule has 0 aliphatic rings. The number of ketones is 1. The van der Waals surface area contributed by atoms with E-state index in [2.05, 4.69) is 9.72 Å². The molecule has 0 aromatic carbocycles. The van der Waals surface area contributed by atoms with Crippen molar-refractivity contribution in [3.8, 4) is 0 Å². The molecule has 1 unspecified atom stereocenters. The first-order valence-corrected chi connectivity index (χ1v) is 5.52. The van der Waals surface area contributed by atoms with Crippen LogP contribution in [0.2, 0.25) is 0 Å². The Labute approximate surface area is 101 Å². The van der Waals surface area contributed by atoms with E-state index in [-0.39, 0.29) is 11.7 Å². The third-order valence-corrected chi connectivity index (χ3v) is 2.57. The van der Waals surface area contributed by atoms with E-state index in [4.69, 9.17) is 0 Å². The van der Waals surface area contributed by atoms with Crippen LogP contribution in [0.5, 0.6) is 0 Å². The van der Waals surface area contributed by atoms with Crippen LogP contribution in [0, 0.1) is 18.8 Å². The number of nitrogens with zero attached hydrogens (tertiary/aromatic N) is 1. The number of hydrogen-bond acceptors (Lipinski definition) is 4. The number of aromatic nitrogens is 1. The molecule has 1 heterocycles. The number of esters is 1. The molecule has 0 fully saturated rings. The summed E-state index contributed by atoms with van der Waals surface area (Å²) in [6.45, 7) is 5.51. The van der Waals surface area contributed by atoms with Gasteiger partial charge in [0.05, 0.1) is 7.11 Å². The topological polar surface area (TPSA) is 56.3 Å². The molecule has 17 heavy (non-hydrogen) atoms. The van der Waals surface area contributed by atoms with Crippen molar-refractivity contribution >= 4 is 11.8 Å². The van der Waals surface area contributed by atoms with Gasteiger partial charge in [0, 0.05) is 6.20 Å². The van der Waals surface area contributed by atoms with Crippen LogP contribution >= 0.6 is 0 Å². The van der Waals surface area contributed by atoms with Crippen LogP contribution < -0.4 is 0 Å². The first-order valence-electron chi connectivity index (χ1n) is 5.52. The molecule has 0 spiro atoms. The second kappa shape index (κ2) is 5.57. The van der Waals surface area contributed by atoms with Gasteiger partial charge in [0.25, 0.3) is 0 Å². The predicted octanol–water partition coefficient (Wildman–Crippen LogP) is 2.02. The maximum absolute atomic E-state index is 12.2.